The van der Waals surface area contributed by atoms with Crippen molar-refractivity contribution in [1.29, 1.82) is 0 Å². The molecule has 1 aromatic rings. The molecule has 56 valence electrons. The fourth-order valence-corrected chi connectivity index (χ4v) is 1.22. The van der Waals surface area contributed by atoms with Crippen LogP contribution in [0.15, 0.2) is 23.4 Å². The number of carbonyl (C=O) groups is 1. The van der Waals surface area contributed by atoms with Crippen LogP contribution in [0.2, 0.25) is 0 Å². The van der Waals surface area contributed by atoms with E-state index in [-0.39, 0.29) is 5.69 Å². The van der Waals surface area contributed by atoms with Gasteiger partial charge >= 0.3 is 0 Å². The molecule has 4 heteroatoms. The molecule has 0 aromatic heterocycles. The lowest BCUT2D eigenvalue weighted by Crippen LogP contribution is -1.81. The second kappa shape index (κ2) is 3.56. The van der Waals surface area contributed by atoms with Crippen molar-refractivity contribution in [2.24, 2.45) is 5.18 Å². The van der Waals surface area contributed by atoms with E-state index in [1.165, 1.54) is 6.07 Å². The van der Waals surface area contributed by atoms with Gasteiger partial charge in [0.1, 0.15) is 5.69 Å². The van der Waals surface area contributed by atoms with E-state index in [9.17, 15) is 9.70 Å². The summed E-state index contributed by atoms with van der Waals surface area (Å²) in [5.41, 5.74) is 0.535. The summed E-state index contributed by atoms with van der Waals surface area (Å²) in [5.74, 6) is 0. The monoisotopic (exact) mass is 261 g/mol. The van der Waals surface area contributed by atoms with Gasteiger partial charge in [-0.2, -0.15) is 0 Å². The van der Waals surface area contributed by atoms with Gasteiger partial charge in [0.05, 0.1) is 0 Å². The molecule has 0 amide bonds. The molecule has 0 aliphatic heterocycles. The first kappa shape index (κ1) is 8.32. The number of benzene rings is 1. The molecule has 0 spiro atoms. The van der Waals surface area contributed by atoms with Crippen LogP contribution in [0.3, 0.4) is 0 Å². The molecule has 3 nitrogen and oxygen atoms in total. The van der Waals surface area contributed by atoms with Crippen LogP contribution < -0.4 is 0 Å². The smallest absolute Gasteiger partial charge is 0.152 e. The summed E-state index contributed by atoms with van der Waals surface area (Å²) >= 11 is 2.06. The maximum Gasteiger partial charge on any atom is 0.152 e. The Morgan fingerprint density at radius 2 is 2.18 bits per heavy atom. The van der Waals surface area contributed by atoms with Gasteiger partial charge in [-0.25, -0.2) is 0 Å². The fraction of sp³-hybridized carbons (Fsp3) is 0. The molecular formula is C7H4INO2. The molecule has 0 N–H and O–H groups in total. The third-order valence-electron chi connectivity index (χ3n) is 1.21. The van der Waals surface area contributed by atoms with E-state index in [1.54, 1.807) is 12.1 Å². The largest absolute Gasteiger partial charge is 0.298 e. The van der Waals surface area contributed by atoms with E-state index < -0.39 is 0 Å². The van der Waals surface area contributed by atoms with Crippen LogP contribution in [-0.4, -0.2) is 6.29 Å². The van der Waals surface area contributed by atoms with E-state index in [2.05, 4.69) is 27.8 Å². The van der Waals surface area contributed by atoms with Gasteiger partial charge in [0.25, 0.3) is 0 Å². The number of hydrogen-bond acceptors (Lipinski definition) is 3. The molecule has 0 aliphatic carbocycles. The molecule has 0 bridgehead atoms. The Labute approximate surface area is 76.9 Å². The normalized spacial score (nSPS) is 9.18. The number of halogens is 1. The first-order valence-electron chi connectivity index (χ1n) is 2.86. The third kappa shape index (κ3) is 1.83. The average Bonchev–Trinajstić information content (AvgIpc) is 2.04. The van der Waals surface area contributed by atoms with Crippen LogP contribution >= 0.6 is 22.6 Å². The predicted octanol–water partition coefficient (Wildman–Crippen LogP) is 2.50. The third-order valence-corrected chi connectivity index (χ3v) is 1.89. The molecule has 1 aromatic carbocycles. The Morgan fingerprint density at radius 3 is 2.73 bits per heavy atom. The lowest BCUT2D eigenvalue weighted by atomic mass is 10.2. The molecule has 1 rings (SSSR count). The minimum atomic E-state index is 0.195. The van der Waals surface area contributed by atoms with Gasteiger partial charge in [0, 0.05) is 9.13 Å². The van der Waals surface area contributed by atoms with Crippen molar-refractivity contribution in [1.82, 2.24) is 0 Å². The maximum absolute atomic E-state index is 10.3. The summed E-state index contributed by atoms with van der Waals surface area (Å²) in [4.78, 5) is 20.4. The lowest BCUT2D eigenvalue weighted by molar-refractivity contribution is 0.112. The minimum Gasteiger partial charge on any atom is -0.298 e. The van der Waals surface area contributed by atoms with Crippen molar-refractivity contribution in [2.45, 2.75) is 0 Å². The van der Waals surface area contributed by atoms with Gasteiger partial charge in [-0.15, -0.1) is 4.91 Å². The summed E-state index contributed by atoms with van der Waals surface area (Å²) in [5, 5.41) is 2.70. The van der Waals surface area contributed by atoms with Crippen LogP contribution in [0.25, 0.3) is 0 Å². The molecular weight excluding hydrogens is 257 g/mol. The van der Waals surface area contributed by atoms with Gasteiger partial charge in [-0.05, 0) is 46.0 Å². The van der Waals surface area contributed by atoms with Crippen molar-refractivity contribution >= 4 is 34.6 Å². The fourth-order valence-electron chi connectivity index (χ4n) is 0.703. The van der Waals surface area contributed by atoms with Crippen LogP contribution in [0.1, 0.15) is 10.4 Å². The second-order valence-electron chi connectivity index (χ2n) is 1.91. The zero-order valence-electron chi connectivity index (χ0n) is 5.45. The Bertz CT molecular complexity index is 298. The Hall–Kier alpha value is -0.780. The van der Waals surface area contributed by atoms with Crippen LogP contribution in [0.5, 0.6) is 0 Å². The summed E-state index contributed by atoms with van der Waals surface area (Å²) in [6, 6.07) is 4.87. The topological polar surface area (TPSA) is 46.5 Å². The molecule has 0 aliphatic rings. The summed E-state index contributed by atoms with van der Waals surface area (Å²) < 4.78 is 0.914. The van der Waals surface area contributed by atoms with Crippen LogP contribution in [-0.2, 0) is 0 Å². The number of aldehydes is 1. The average molecular weight is 261 g/mol. The summed E-state index contributed by atoms with van der Waals surface area (Å²) in [7, 11) is 0. The first-order valence-corrected chi connectivity index (χ1v) is 3.94. The summed E-state index contributed by atoms with van der Waals surface area (Å²) in [6.07, 6.45) is 0.624. The van der Waals surface area contributed by atoms with E-state index >= 15 is 0 Å². The van der Waals surface area contributed by atoms with Gasteiger partial charge in [0.2, 0.25) is 0 Å². The highest BCUT2D eigenvalue weighted by molar-refractivity contribution is 14.1. The van der Waals surface area contributed by atoms with Gasteiger partial charge in [-0.1, -0.05) is 0 Å². The minimum absolute atomic E-state index is 0.195. The maximum atomic E-state index is 10.3. The van der Waals surface area contributed by atoms with E-state index in [1.807, 2.05) is 0 Å². The molecule has 0 heterocycles. The lowest BCUT2D eigenvalue weighted by Gasteiger charge is -1.94. The number of rotatable bonds is 2. The van der Waals surface area contributed by atoms with Crippen LogP contribution in [0, 0.1) is 8.48 Å². The van der Waals surface area contributed by atoms with E-state index in [4.69, 9.17) is 0 Å². The zero-order valence-corrected chi connectivity index (χ0v) is 7.61. The molecule has 0 unspecified atom stereocenters. The highest BCUT2D eigenvalue weighted by atomic mass is 127. The van der Waals surface area contributed by atoms with Crippen molar-refractivity contribution in [3.05, 3.63) is 32.2 Å². The van der Waals surface area contributed by atoms with Gasteiger partial charge in [0.15, 0.2) is 6.29 Å². The second-order valence-corrected chi connectivity index (χ2v) is 3.16. The highest BCUT2D eigenvalue weighted by Crippen LogP contribution is 2.19. The zero-order chi connectivity index (χ0) is 8.27. The van der Waals surface area contributed by atoms with Crippen molar-refractivity contribution < 1.29 is 4.79 Å². The van der Waals surface area contributed by atoms with E-state index in [0.717, 1.165) is 3.57 Å². The Balaban J connectivity index is 3.26. The number of hydrogen-bond donors (Lipinski definition) is 0. The number of carbonyl (C=O) groups excluding carboxylic acids is 1. The number of nitrogens with zero attached hydrogens (tertiary/aromatic N) is 1. The molecule has 0 saturated carbocycles. The van der Waals surface area contributed by atoms with Crippen molar-refractivity contribution in [3.63, 3.8) is 0 Å². The molecule has 0 radical (unpaired) electrons. The summed E-state index contributed by atoms with van der Waals surface area (Å²) in [6.45, 7) is 0. The first-order chi connectivity index (χ1) is 5.27. The van der Waals surface area contributed by atoms with Crippen molar-refractivity contribution in [3.8, 4) is 0 Å². The number of nitroso groups, excluding NO2 is 1. The molecule has 0 fully saturated rings. The molecule has 0 saturated heterocycles. The molecule has 0 atom stereocenters. The highest BCUT2D eigenvalue weighted by Gasteiger charge is 2.00. The molecule has 11 heavy (non-hydrogen) atoms. The predicted molar refractivity (Wildman–Crippen MR) is 50.0 cm³/mol. The van der Waals surface area contributed by atoms with Crippen LogP contribution in [0.4, 0.5) is 5.69 Å². The Kier molecular flexibility index (Phi) is 2.70. The standard InChI is InChI=1S/C7H4INO2/c8-6-1-2-7(9-11)5(3-6)4-10/h1-4H. The van der Waals surface area contributed by atoms with Gasteiger partial charge in [-0.3, -0.25) is 4.79 Å². The van der Waals surface area contributed by atoms with E-state index in [0.29, 0.717) is 11.8 Å². The SMILES string of the molecule is O=Cc1cc(I)ccc1N=O. The van der Waals surface area contributed by atoms with Gasteiger partial charge < -0.3 is 0 Å². The Morgan fingerprint density at radius 1 is 1.45 bits per heavy atom. The van der Waals surface area contributed by atoms with Crippen molar-refractivity contribution in [2.75, 3.05) is 0 Å². The quantitative estimate of drug-likeness (QED) is 0.466.